The first-order chi connectivity index (χ1) is 10.7. The lowest BCUT2D eigenvalue weighted by molar-refractivity contribution is 0.0469. The highest BCUT2D eigenvalue weighted by molar-refractivity contribution is 7.18. The van der Waals surface area contributed by atoms with Crippen LogP contribution in [0, 0.1) is 0 Å². The molecule has 0 radical (unpaired) electrons. The number of thiazole rings is 1. The number of para-hydroxylation sites is 1. The molecule has 2 aromatic carbocycles. The average Bonchev–Trinajstić information content (AvgIpc) is 2.96. The van der Waals surface area contributed by atoms with Crippen molar-refractivity contribution in [2.45, 2.75) is 6.61 Å². The number of aromatic hydroxyl groups is 1. The number of nitrogens with zero attached hydrogens (tertiary/aromatic N) is 1. The van der Waals surface area contributed by atoms with Gasteiger partial charge in [0, 0.05) is 0 Å². The van der Waals surface area contributed by atoms with Crippen molar-refractivity contribution < 1.29 is 19.4 Å². The zero-order valence-electron chi connectivity index (χ0n) is 11.8. The molecular formula is C16H13NO4S. The van der Waals surface area contributed by atoms with Crippen LogP contribution >= 0.6 is 11.3 Å². The number of esters is 1. The summed E-state index contributed by atoms with van der Waals surface area (Å²) < 4.78 is 11.3. The number of carbonyl (C=O) groups is 1. The highest BCUT2D eigenvalue weighted by Gasteiger charge is 2.15. The van der Waals surface area contributed by atoms with Gasteiger partial charge >= 0.3 is 5.97 Å². The summed E-state index contributed by atoms with van der Waals surface area (Å²) in [5, 5.41) is 10.4. The zero-order valence-corrected chi connectivity index (χ0v) is 12.6. The van der Waals surface area contributed by atoms with Crippen molar-refractivity contribution in [3.8, 4) is 11.5 Å². The molecule has 3 aromatic rings. The molecule has 0 amide bonds. The third-order valence-corrected chi connectivity index (χ3v) is 4.10. The summed E-state index contributed by atoms with van der Waals surface area (Å²) in [4.78, 5) is 16.4. The predicted octanol–water partition coefficient (Wildman–Crippen LogP) is 3.37. The van der Waals surface area contributed by atoms with Gasteiger partial charge in [0.2, 0.25) is 0 Å². The Kier molecular flexibility index (Phi) is 3.93. The Bertz CT molecular complexity index is 795. The van der Waals surface area contributed by atoms with Crippen LogP contribution in [-0.2, 0) is 11.3 Å². The average molecular weight is 315 g/mol. The molecule has 0 atom stereocenters. The van der Waals surface area contributed by atoms with Gasteiger partial charge in [0.15, 0.2) is 0 Å². The number of aromatic nitrogens is 1. The quantitative estimate of drug-likeness (QED) is 0.748. The summed E-state index contributed by atoms with van der Waals surface area (Å²) in [6.45, 7) is 0.0643. The van der Waals surface area contributed by atoms with E-state index in [1.807, 2.05) is 24.3 Å². The fourth-order valence-electron chi connectivity index (χ4n) is 1.99. The second-order valence-corrected chi connectivity index (χ2v) is 5.65. The minimum absolute atomic E-state index is 0.0643. The molecule has 0 spiro atoms. The molecular weight excluding hydrogens is 302 g/mol. The standard InChI is InChI=1S/C16H13NO4S/c1-20-10-6-7-13(18)11(8-10)16(19)21-9-15-17-12-4-2-3-5-14(12)22-15/h2-8,18H,9H2,1H3. The normalized spacial score (nSPS) is 10.6. The molecule has 1 N–H and O–H groups in total. The Morgan fingerprint density at radius 2 is 2.09 bits per heavy atom. The van der Waals surface area contributed by atoms with Gasteiger partial charge in [-0.05, 0) is 30.3 Å². The maximum absolute atomic E-state index is 12.1. The van der Waals surface area contributed by atoms with Gasteiger partial charge in [0.1, 0.15) is 28.7 Å². The molecule has 112 valence electrons. The molecule has 0 aliphatic heterocycles. The van der Waals surface area contributed by atoms with E-state index in [1.54, 1.807) is 6.07 Å². The molecule has 0 aliphatic rings. The van der Waals surface area contributed by atoms with Crippen molar-refractivity contribution in [2.24, 2.45) is 0 Å². The summed E-state index contributed by atoms with van der Waals surface area (Å²) >= 11 is 1.47. The lowest BCUT2D eigenvalue weighted by atomic mass is 10.2. The van der Waals surface area contributed by atoms with Crippen LogP contribution in [-0.4, -0.2) is 23.2 Å². The van der Waals surface area contributed by atoms with Gasteiger partial charge in [0.05, 0.1) is 17.3 Å². The molecule has 0 unspecified atom stereocenters. The van der Waals surface area contributed by atoms with Crippen LogP contribution in [0.3, 0.4) is 0 Å². The van der Waals surface area contributed by atoms with Crippen molar-refractivity contribution in [3.05, 3.63) is 53.0 Å². The Morgan fingerprint density at radius 1 is 1.27 bits per heavy atom. The third-order valence-electron chi connectivity index (χ3n) is 3.09. The van der Waals surface area contributed by atoms with Crippen molar-refractivity contribution in [2.75, 3.05) is 7.11 Å². The highest BCUT2D eigenvalue weighted by Crippen LogP contribution is 2.25. The van der Waals surface area contributed by atoms with Crippen LogP contribution < -0.4 is 4.74 Å². The van der Waals surface area contributed by atoms with E-state index in [9.17, 15) is 9.90 Å². The van der Waals surface area contributed by atoms with E-state index in [0.29, 0.717) is 10.8 Å². The lowest BCUT2D eigenvalue weighted by Crippen LogP contribution is -2.05. The SMILES string of the molecule is COc1ccc(O)c(C(=O)OCc2nc3ccccc3s2)c1. The summed E-state index contributed by atoms with van der Waals surface area (Å²) in [7, 11) is 1.49. The molecule has 0 saturated heterocycles. The molecule has 0 saturated carbocycles. The van der Waals surface area contributed by atoms with Crippen LogP contribution in [0.1, 0.15) is 15.4 Å². The number of phenols is 1. The van der Waals surface area contributed by atoms with Gasteiger partial charge in [0.25, 0.3) is 0 Å². The number of phenolic OH excluding ortho intramolecular Hbond substituents is 1. The van der Waals surface area contributed by atoms with E-state index in [2.05, 4.69) is 4.98 Å². The number of rotatable bonds is 4. The smallest absolute Gasteiger partial charge is 0.342 e. The molecule has 0 aliphatic carbocycles. The summed E-state index contributed by atoms with van der Waals surface area (Å²) in [6.07, 6.45) is 0. The largest absolute Gasteiger partial charge is 0.507 e. The summed E-state index contributed by atoms with van der Waals surface area (Å²) in [6, 6.07) is 12.1. The van der Waals surface area contributed by atoms with Gasteiger partial charge in [-0.3, -0.25) is 0 Å². The number of methoxy groups -OCH3 is 1. The molecule has 5 nitrogen and oxygen atoms in total. The molecule has 0 fully saturated rings. The van der Waals surface area contributed by atoms with E-state index in [0.717, 1.165) is 10.2 Å². The van der Waals surface area contributed by atoms with Crippen LogP contribution in [0.25, 0.3) is 10.2 Å². The molecule has 1 aromatic heterocycles. The minimum Gasteiger partial charge on any atom is -0.507 e. The number of hydrogen-bond donors (Lipinski definition) is 1. The van der Waals surface area contributed by atoms with Gasteiger partial charge in [-0.1, -0.05) is 12.1 Å². The predicted molar refractivity (Wildman–Crippen MR) is 83.4 cm³/mol. The second kappa shape index (κ2) is 6.03. The van der Waals surface area contributed by atoms with Crippen molar-refractivity contribution in [3.63, 3.8) is 0 Å². The molecule has 1 heterocycles. The van der Waals surface area contributed by atoms with Gasteiger partial charge in [-0.2, -0.15) is 0 Å². The number of benzene rings is 2. The third kappa shape index (κ3) is 2.87. The number of carbonyl (C=O) groups excluding carboxylic acids is 1. The Balaban J connectivity index is 1.74. The van der Waals surface area contributed by atoms with E-state index in [-0.39, 0.29) is 17.9 Å². The van der Waals surface area contributed by atoms with Crippen LogP contribution in [0.5, 0.6) is 11.5 Å². The number of fused-ring (bicyclic) bond motifs is 1. The van der Waals surface area contributed by atoms with Crippen molar-refractivity contribution >= 4 is 27.5 Å². The van der Waals surface area contributed by atoms with E-state index in [1.165, 1.54) is 30.6 Å². The maximum atomic E-state index is 12.1. The monoisotopic (exact) mass is 315 g/mol. The zero-order chi connectivity index (χ0) is 15.5. The first kappa shape index (κ1) is 14.3. The summed E-state index contributed by atoms with van der Waals surface area (Å²) in [5.74, 6) is -0.282. The van der Waals surface area contributed by atoms with E-state index < -0.39 is 5.97 Å². The van der Waals surface area contributed by atoms with Crippen molar-refractivity contribution in [1.82, 2.24) is 4.98 Å². The van der Waals surface area contributed by atoms with Gasteiger partial charge < -0.3 is 14.6 Å². The Labute approximate surface area is 130 Å². The second-order valence-electron chi connectivity index (χ2n) is 4.53. The fourth-order valence-corrected chi connectivity index (χ4v) is 2.87. The van der Waals surface area contributed by atoms with Crippen LogP contribution in [0.15, 0.2) is 42.5 Å². The maximum Gasteiger partial charge on any atom is 0.342 e. The van der Waals surface area contributed by atoms with Gasteiger partial charge in [-0.15, -0.1) is 11.3 Å². The number of hydrogen-bond acceptors (Lipinski definition) is 6. The molecule has 0 bridgehead atoms. The van der Waals surface area contributed by atoms with Crippen LogP contribution in [0.2, 0.25) is 0 Å². The highest BCUT2D eigenvalue weighted by atomic mass is 32.1. The molecule has 22 heavy (non-hydrogen) atoms. The van der Waals surface area contributed by atoms with Crippen LogP contribution in [0.4, 0.5) is 0 Å². The minimum atomic E-state index is -0.615. The Morgan fingerprint density at radius 3 is 2.86 bits per heavy atom. The molecule has 3 rings (SSSR count). The van der Waals surface area contributed by atoms with Gasteiger partial charge in [-0.25, -0.2) is 9.78 Å². The summed E-state index contributed by atoms with van der Waals surface area (Å²) in [5.41, 5.74) is 0.947. The van der Waals surface area contributed by atoms with E-state index in [4.69, 9.17) is 9.47 Å². The first-order valence-corrected chi connectivity index (χ1v) is 7.37. The lowest BCUT2D eigenvalue weighted by Gasteiger charge is -2.06. The fraction of sp³-hybridized carbons (Fsp3) is 0.125. The van der Waals surface area contributed by atoms with Crippen molar-refractivity contribution in [1.29, 1.82) is 0 Å². The Hall–Kier alpha value is -2.60. The topological polar surface area (TPSA) is 68.7 Å². The first-order valence-electron chi connectivity index (χ1n) is 6.56. The van der Waals surface area contributed by atoms with E-state index >= 15 is 0 Å². The number of ether oxygens (including phenoxy) is 2. The molecule has 6 heteroatoms.